The average molecular weight is 316 g/mol. The Labute approximate surface area is 116 Å². The molecule has 106 valence electrons. The molecule has 1 nitrogen and oxygen atoms in total. The lowest BCUT2D eigenvalue weighted by atomic mass is 10.2. The van der Waals surface area contributed by atoms with Crippen molar-refractivity contribution in [3.8, 4) is 0 Å². The van der Waals surface area contributed by atoms with Gasteiger partial charge in [0.2, 0.25) is 4.38 Å². The molecule has 0 N–H and O–H groups in total. The average Bonchev–Trinajstić information content (AvgIpc) is 2.28. The number of thioether (sulfide) groups is 1. The molecule has 0 atom stereocenters. The second-order valence-electron chi connectivity index (χ2n) is 3.45. The minimum Gasteiger partial charge on any atom is -0.478 e. The number of thiocarbonyl (C=S) groups is 1. The first-order chi connectivity index (χ1) is 8.72. The maximum atomic E-state index is 12.6. The van der Waals surface area contributed by atoms with E-state index in [1.165, 1.54) is 0 Å². The summed E-state index contributed by atoms with van der Waals surface area (Å²) in [6.45, 7) is -0.0518. The number of halogens is 5. The van der Waals surface area contributed by atoms with Crippen molar-refractivity contribution in [3.63, 3.8) is 0 Å². The van der Waals surface area contributed by atoms with E-state index in [9.17, 15) is 22.0 Å². The van der Waals surface area contributed by atoms with Gasteiger partial charge in [0, 0.05) is 18.2 Å². The van der Waals surface area contributed by atoms with Crippen molar-refractivity contribution >= 4 is 28.4 Å². The monoisotopic (exact) mass is 316 g/mol. The summed E-state index contributed by atoms with van der Waals surface area (Å²) in [5, 5.41) is -4.93. The Bertz CT molecular complexity index is 419. The largest absolute Gasteiger partial charge is 0.478 e. The third-order valence-electron chi connectivity index (χ3n) is 2.00. The third kappa shape index (κ3) is 5.32. The molecule has 8 heteroatoms. The molecule has 0 saturated heterocycles. The van der Waals surface area contributed by atoms with Gasteiger partial charge in [0.1, 0.15) is 0 Å². The predicted molar refractivity (Wildman–Crippen MR) is 67.3 cm³/mol. The van der Waals surface area contributed by atoms with E-state index >= 15 is 0 Å². The smallest absolute Gasteiger partial charge is 0.464 e. The quantitative estimate of drug-likeness (QED) is 0.601. The van der Waals surface area contributed by atoms with Crippen LogP contribution in [0.3, 0.4) is 0 Å². The normalized spacial score (nSPS) is 12.3. The first kappa shape index (κ1) is 16.2. The number of ether oxygens (including phenoxy) is 1. The highest BCUT2D eigenvalue weighted by atomic mass is 32.2. The number of hydrogen-bond acceptors (Lipinski definition) is 3. The van der Waals surface area contributed by atoms with E-state index in [0.29, 0.717) is 6.42 Å². The molecule has 0 saturated carbocycles. The highest BCUT2D eigenvalue weighted by molar-refractivity contribution is 8.23. The van der Waals surface area contributed by atoms with Gasteiger partial charge in [-0.15, -0.1) is 0 Å². The Morgan fingerprint density at radius 1 is 1.11 bits per heavy atom. The lowest BCUT2D eigenvalue weighted by Gasteiger charge is -2.18. The van der Waals surface area contributed by atoms with Crippen LogP contribution in [0.2, 0.25) is 0 Å². The zero-order chi connectivity index (χ0) is 14.5. The fraction of sp³-hybridized carbons (Fsp3) is 0.364. The van der Waals surface area contributed by atoms with Crippen LogP contribution in [0.1, 0.15) is 5.56 Å². The molecule has 1 rings (SSSR count). The summed E-state index contributed by atoms with van der Waals surface area (Å²) in [4.78, 5) is 0. The number of rotatable bonds is 4. The minimum absolute atomic E-state index is 0.0518. The van der Waals surface area contributed by atoms with Crippen LogP contribution in [0.15, 0.2) is 30.3 Å². The molecular formula is C11H9F5OS2. The highest BCUT2D eigenvalue weighted by Gasteiger charge is 2.59. The summed E-state index contributed by atoms with van der Waals surface area (Å²) in [7, 11) is 0. The summed E-state index contributed by atoms with van der Waals surface area (Å²) in [6, 6.07) is 8.92. The van der Waals surface area contributed by atoms with Crippen LogP contribution in [0.5, 0.6) is 0 Å². The fourth-order valence-electron chi connectivity index (χ4n) is 1.09. The van der Waals surface area contributed by atoms with E-state index < -0.39 is 27.6 Å². The molecule has 0 unspecified atom stereocenters. The molecular weight excluding hydrogens is 307 g/mol. The van der Waals surface area contributed by atoms with Crippen molar-refractivity contribution in [2.75, 3.05) is 6.61 Å². The van der Waals surface area contributed by atoms with E-state index in [4.69, 9.17) is 4.74 Å². The summed E-state index contributed by atoms with van der Waals surface area (Å²) in [6.07, 6.45) is -5.27. The van der Waals surface area contributed by atoms with Gasteiger partial charge in [0.25, 0.3) is 0 Å². The SMILES string of the molecule is FC(F)(F)C(F)(F)SC(=S)OCCc1ccccc1. The first-order valence-electron chi connectivity index (χ1n) is 5.06. The molecule has 0 amide bonds. The van der Waals surface area contributed by atoms with Gasteiger partial charge in [-0.3, -0.25) is 0 Å². The van der Waals surface area contributed by atoms with Gasteiger partial charge in [0.05, 0.1) is 6.61 Å². The Morgan fingerprint density at radius 3 is 2.21 bits per heavy atom. The van der Waals surface area contributed by atoms with Gasteiger partial charge >= 0.3 is 11.4 Å². The van der Waals surface area contributed by atoms with Crippen molar-refractivity contribution in [2.24, 2.45) is 0 Å². The molecule has 1 aromatic rings. The second-order valence-corrected chi connectivity index (χ2v) is 5.17. The van der Waals surface area contributed by atoms with Gasteiger partial charge in [0.15, 0.2) is 0 Å². The van der Waals surface area contributed by atoms with Crippen molar-refractivity contribution < 1.29 is 26.7 Å². The predicted octanol–water partition coefficient (Wildman–Crippen LogP) is 4.42. The molecule has 0 heterocycles. The Balaban J connectivity index is 2.37. The Hall–Kier alpha value is -0.890. The van der Waals surface area contributed by atoms with Crippen LogP contribution in [0.4, 0.5) is 22.0 Å². The van der Waals surface area contributed by atoms with Crippen molar-refractivity contribution in [3.05, 3.63) is 35.9 Å². The van der Waals surface area contributed by atoms with Gasteiger partial charge in [-0.1, -0.05) is 30.3 Å². The standard InChI is InChI=1S/C11H9F5OS2/c12-10(13,14)11(15,16)19-9(18)17-7-6-8-4-2-1-3-5-8/h1-5H,6-7H2. The van der Waals surface area contributed by atoms with Crippen molar-refractivity contribution in [1.82, 2.24) is 0 Å². The molecule has 1 aromatic carbocycles. The van der Waals surface area contributed by atoms with E-state index in [1.54, 1.807) is 30.3 Å². The van der Waals surface area contributed by atoms with Crippen LogP contribution in [-0.4, -0.2) is 22.4 Å². The van der Waals surface area contributed by atoms with E-state index in [1.807, 2.05) is 0 Å². The van der Waals surface area contributed by atoms with Gasteiger partial charge in [-0.05, 0) is 17.8 Å². The van der Waals surface area contributed by atoms with Crippen LogP contribution in [0, 0.1) is 0 Å². The topological polar surface area (TPSA) is 9.23 Å². The van der Waals surface area contributed by atoms with Crippen molar-refractivity contribution in [2.45, 2.75) is 17.9 Å². The number of benzene rings is 1. The summed E-state index contributed by atoms with van der Waals surface area (Å²) in [5.74, 6) is 0. The van der Waals surface area contributed by atoms with Gasteiger partial charge in [-0.2, -0.15) is 22.0 Å². The van der Waals surface area contributed by atoms with Crippen LogP contribution < -0.4 is 0 Å². The zero-order valence-electron chi connectivity index (χ0n) is 9.42. The second kappa shape index (κ2) is 6.51. The number of hydrogen-bond donors (Lipinski definition) is 0. The maximum Gasteiger partial charge on any atom is 0.464 e. The van der Waals surface area contributed by atoms with Gasteiger partial charge in [-0.25, -0.2) is 0 Å². The van der Waals surface area contributed by atoms with E-state index in [-0.39, 0.29) is 6.61 Å². The highest BCUT2D eigenvalue weighted by Crippen LogP contribution is 2.44. The molecule has 0 bridgehead atoms. The lowest BCUT2D eigenvalue weighted by Crippen LogP contribution is -2.34. The molecule has 0 aliphatic rings. The van der Waals surface area contributed by atoms with Crippen molar-refractivity contribution in [1.29, 1.82) is 0 Å². The molecule has 0 aliphatic heterocycles. The van der Waals surface area contributed by atoms with E-state index in [0.717, 1.165) is 5.56 Å². The molecule has 0 radical (unpaired) electrons. The lowest BCUT2D eigenvalue weighted by molar-refractivity contribution is -0.237. The summed E-state index contributed by atoms with van der Waals surface area (Å²) >= 11 is 3.54. The Morgan fingerprint density at radius 2 is 1.68 bits per heavy atom. The first-order valence-corrected chi connectivity index (χ1v) is 6.29. The molecule has 0 fully saturated rings. The maximum absolute atomic E-state index is 12.6. The molecule has 0 aromatic heterocycles. The fourth-order valence-corrected chi connectivity index (χ4v) is 1.95. The summed E-state index contributed by atoms with van der Waals surface area (Å²) < 4.78 is 64.8. The van der Waals surface area contributed by atoms with E-state index in [2.05, 4.69) is 12.2 Å². The van der Waals surface area contributed by atoms with Crippen LogP contribution in [-0.2, 0) is 11.2 Å². The third-order valence-corrected chi connectivity index (χ3v) is 3.14. The summed E-state index contributed by atoms with van der Waals surface area (Å²) in [5.41, 5.74) is 0.873. The van der Waals surface area contributed by atoms with Crippen LogP contribution >= 0.6 is 24.0 Å². The molecule has 0 spiro atoms. The van der Waals surface area contributed by atoms with Gasteiger partial charge < -0.3 is 4.74 Å². The molecule has 0 aliphatic carbocycles. The Kier molecular flexibility index (Phi) is 5.54. The minimum atomic E-state index is -5.65. The van der Waals surface area contributed by atoms with Crippen LogP contribution in [0.25, 0.3) is 0 Å². The molecule has 19 heavy (non-hydrogen) atoms. The number of alkyl halides is 5. The zero-order valence-corrected chi connectivity index (χ0v) is 11.0.